The highest BCUT2D eigenvalue weighted by Crippen LogP contribution is 2.30. The van der Waals surface area contributed by atoms with E-state index in [0.29, 0.717) is 7.11 Å². The zero-order valence-electron chi connectivity index (χ0n) is 6.99. The minimum absolute atomic E-state index is 0.626. The molecule has 8 heteroatoms. The smallest absolute Gasteiger partial charge is 0.384 e. The van der Waals surface area contributed by atoms with Crippen LogP contribution in [-0.2, 0) is 4.74 Å². The first kappa shape index (κ1) is 13.5. The molecule has 1 N–H and O–H groups in total. The van der Waals surface area contributed by atoms with Crippen LogP contribution in [0.2, 0.25) is 0 Å². The Labute approximate surface area is 75.5 Å². The van der Waals surface area contributed by atoms with Gasteiger partial charge >= 0.3 is 12.4 Å². The van der Waals surface area contributed by atoms with E-state index >= 15 is 0 Å². The lowest BCUT2D eigenvalue weighted by Gasteiger charge is -2.22. The fourth-order valence-corrected chi connectivity index (χ4v) is 0.700. The third kappa shape index (κ3) is 4.14. The van der Waals surface area contributed by atoms with Gasteiger partial charge in [-0.2, -0.15) is 26.3 Å². The number of methoxy groups -OCH3 is 1. The van der Waals surface area contributed by atoms with Crippen LogP contribution >= 0.6 is 0 Å². The van der Waals surface area contributed by atoms with E-state index in [1.165, 1.54) is 0 Å². The second kappa shape index (κ2) is 4.35. The van der Waals surface area contributed by atoms with Crippen molar-refractivity contribution in [3.63, 3.8) is 0 Å². The average Bonchev–Trinajstić information content (AvgIpc) is 1.95. The molecule has 0 aromatic carbocycles. The molecule has 2 nitrogen and oxygen atoms in total. The molecule has 0 bridgehead atoms. The van der Waals surface area contributed by atoms with Crippen molar-refractivity contribution < 1.29 is 36.2 Å². The molecular formula is C6H8F6O2. The Morgan fingerprint density at radius 1 is 1.07 bits per heavy atom. The topological polar surface area (TPSA) is 29.5 Å². The van der Waals surface area contributed by atoms with Crippen molar-refractivity contribution in [2.75, 3.05) is 7.11 Å². The maximum atomic E-state index is 11.9. The summed E-state index contributed by atoms with van der Waals surface area (Å²) in [7, 11) is 0.626. The summed E-state index contributed by atoms with van der Waals surface area (Å²) in [5, 5.41) is 8.35. The number of rotatable bonds is 3. The second-order valence-electron chi connectivity index (χ2n) is 2.56. The van der Waals surface area contributed by atoms with Crippen LogP contribution in [0.15, 0.2) is 0 Å². The van der Waals surface area contributed by atoms with Crippen molar-refractivity contribution >= 4 is 0 Å². The van der Waals surface area contributed by atoms with E-state index in [2.05, 4.69) is 4.74 Å². The first-order valence-corrected chi connectivity index (χ1v) is 3.43. The summed E-state index contributed by atoms with van der Waals surface area (Å²) in [6, 6.07) is 0. The maximum Gasteiger partial charge on any atom is 0.414 e. The largest absolute Gasteiger partial charge is 0.414 e. The summed E-state index contributed by atoms with van der Waals surface area (Å²) in [5.74, 6) is 0. The lowest BCUT2D eigenvalue weighted by atomic mass is 10.1. The van der Waals surface area contributed by atoms with Gasteiger partial charge in [0.15, 0.2) is 12.2 Å². The van der Waals surface area contributed by atoms with Gasteiger partial charge in [-0.25, -0.2) is 0 Å². The van der Waals surface area contributed by atoms with Crippen LogP contribution in [0.25, 0.3) is 0 Å². The van der Waals surface area contributed by atoms with Gasteiger partial charge < -0.3 is 9.84 Å². The third-order valence-electron chi connectivity index (χ3n) is 1.46. The quantitative estimate of drug-likeness (QED) is 0.744. The van der Waals surface area contributed by atoms with Gasteiger partial charge in [0.05, 0.1) is 0 Å². The predicted molar refractivity (Wildman–Crippen MR) is 33.5 cm³/mol. The molecule has 0 aromatic heterocycles. The molecule has 14 heavy (non-hydrogen) atoms. The Kier molecular flexibility index (Phi) is 4.19. The third-order valence-corrected chi connectivity index (χ3v) is 1.46. The van der Waals surface area contributed by atoms with Gasteiger partial charge in [-0.05, 0) is 0 Å². The highest BCUT2D eigenvalue weighted by Gasteiger charge is 2.47. The molecule has 0 saturated carbocycles. The summed E-state index contributed by atoms with van der Waals surface area (Å²) in [6.07, 6.45) is -17.2. The molecule has 86 valence electrons. The Morgan fingerprint density at radius 2 is 1.50 bits per heavy atom. The Hall–Kier alpha value is -0.500. The lowest BCUT2D eigenvalue weighted by molar-refractivity contribution is -0.249. The van der Waals surface area contributed by atoms with Crippen LogP contribution < -0.4 is 0 Å². The van der Waals surface area contributed by atoms with Crippen LogP contribution in [0.3, 0.4) is 0 Å². The fourth-order valence-electron chi connectivity index (χ4n) is 0.700. The van der Waals surface area contributed by atoms with E-state index in [-0.39, 0.29) is 0 Å². The van der Waals surface area contributed by atoms with Crippen LogP contribution in [0, 0.1) is 0 Å². The second-order valence-corrected chi connectivity index (χ2v) is 2.56. The van der Waals surface area contributed by atoms with E-state index in [0.717, 1.165) is 0 Å². The molecule has 0 aliphatic heterocycles. The lowest BCUT2D eigenvalue weighted by Crippen LogP contribution is -2.39. The van der Waals surface area contributed by atoms with Crippen molar-refractivity contribution in [1.82, 2.24) is 0 Å². The number of hydrogen-bond acceptors (Lipinski definition) is 2. The van der Waals surface area contributed by atoms with Gasteiger partial charge in [-0.1, -0.05) is 0 Å². The Morgan fingerprint density at radius 3 is 1.71 bits per heavy atom. The number of aliphatic hydroxyl groups is 1. The summed E-state index contributed by atoms with van der Waals surface area (Å²) < 4.78 is 74.4. The van der Waals surface area contributed by atoms with Gasteiger partial charge in [-0.15, -0.1) is 0 Å². The first-order valence-electron chi connectivity index (χ1n) is 3.43. The highest BCUT2D eigenvalue weighted by atomic mass is 19.4. The normalized spacial score (nSPS) is 18.0. The predicted octanol–water partition coefficient (Wildman–Crippen LogP) is 1.88. The number of aliphatic hydroxyl groups excluding tert-OH is 1. The van der Waals surface area contributed by atoms with Crippen molar-refractivity contribution in [3.05, 3.63) is 0 Å². The molecule has 0 heterocycles. The van der Waals surface area contributed by atoms with Crippen molar-refractivity contribution in [2.24, 2.45) is 0 Å². The molecule has 0 aliphatic carbocycles. The van der Waals surface area contributed by atoms with Crippen LogP contribution in [0.4, 0.5) is 26.3 Å². The van der Waals surface area contributed by atoms with E-state index < -0.39 is 31.0 Å². The molecule has 0 saturated heterocycles. The number of halogens is 6. The summed E-state index contributed by atoms with van der Waals surface area (Å²) >= 11 is 0. The molecule has 0 aliphatic rings. The Bertz CT molecular complexity index is 174. The molecule has 2 unspecified atom stereocenters. The van der Waals surface area contributed by atoms with Crippen LogP contribution in [-0.4, -0.2) is 36.8 Å². The van der Waals surface area contributed by atoms with E-state index in [9.17, 15) is 26.3 Å². The number of ether oxygens (including phenoxy) is 1. The van der Waals surface area contributed by atoms with Crippen molar-refractivity contribution in [3.8, 4) is 0 Å². The van der Waals surface area contributed by atoms with Gasteiger partial charge in [0.2, 0.25) is 0 Å². The standard InChI is InChI=1S/C6H8F6O2/c1-14-4(6(10,11)12)2-3(13)5(7,8)9/h3-4,13H,2H2,1H3. The van der Waals surface area contributed by atoms with Gasteiger partial charge in [-0.3, -0.25) is 0 Å². The summed E-state index contributed by atoms with van der Waals surface area (Å²) in [6.45, 7) is 0. The molecule has 0 fully saturated rings. The molecule has 0 spiro atoms. The summed E-state index contributed by atoms with van der Waals surface area (Å²) in [4.78, 5) is 0. The highest BCUT2D eigenvalue weighted by molar-refractivity contribution is 4.75. The summed E-state index contributed by atoms with van der Waals surface area (Å²) in [5.41, 5.74) is 0. The van der Waals surface area contributed by atoms with E-state index in [1.807, 2.05) is 0 Å². The van der Waals surface area contributed by atoms with E-state index in [4.69, 9.17) is 5.11 Å². The molecule has 0 radical (unpaired) electrons. The fraction of sp³-hybridized carbons (Fsp3) is 1.00. The van der Waals surface area contributed by atoms with Gasteiger partial charge in [0.25, 0.3) is 0 Å². The van der Waals surface area contributed by atoms with Gasteiger partial charge in [0.1, 0.15) is 0 Å². The Balaban J connectivity index is 4.34. The minimum Gasteiger partial charge on any atom is -0.384 e. The molecule has 0 rings (SSSR count). The minimum atomic E-state index is -5.07. The monoisotopic (exact) mass is 226 g/mol. The molecule has 0 amide bonds. The number of hydrogen-bond donors (Lipinski definition) is 1. The van der Waals surface area contributed by atoms with Crippen molar-refractivity contribution in [2.45, 2.75) is 31.0 Å². The first-order chi connectivity index (χ1) is 6.09. The zero-order chi connectivity index (χ0) is 11.6. The van der Waals surface area contributed by atoms with Gasteiger partial charge in [0, 0.05) is 13.5 Å². The van der Waals surface area contributed by atoms with Crippen LogP contribution in [0.5, 0.6) is 0 Å². The molecule has 0 aromatic rings. The maximum absolute atomic E-state index is 11.9. The zero-order valence-corrected chi connectivity index (χ0v) is 6.99. The molecule has 2 atom stereocenters. The van der Waals surface area contributed by atoms with Crippen molar-refractivity contribution in [1.29, 1.82) is 0 Å². The van der Waals surface area contributed by atoms with Crippen LogP contribution in [0.1, 0.15) is 6.42 Å². The number of alkyl halides is 6. The average molecular weight is 226 g/mol. The molecular weight excluding hydrogens is 218 g/mol. The SMILES string of the molecule is COC(CC(O)C(F)(F)F)C(F)(F)F. The van der Waals surface area contributed by atoms with E-state index in [1.54, 1.807) is 0 Å².